The van der Waals surface area contributed by atoms with Gasteiger partial charge in [-0.2, -0.15) is 4.31 Å². The molecule has 0 atom stereocenters. The minimum absolute atomic E-state index is 0.161. The molecular weight excluding hydrogens is 278 g/mol. The number of sulfonamides is 1. The molecule has 0 bridgehead atoms. The molecule has 0 unspecified atom stereocenters. The molecule has 0 aliphatic carbocycles. The van der Waals surface area contributed by atoms with E-state index in [4.69, 9.17) is 10.6 Å². The monoisotopic (exact) mass is 299 g/mol. The number of piperidine rings is 1. The SMILES string of the molecule is CCOC1CCN(S(=O)(=O)c2ccccc2NN)CC1. The summed E-state index contributed by atoms with van der Waals surface area (Å²) in [5.41, 5.74) is 2.86. The first-order valence-corrected chi connectivity index (χ1v) is 8.21. The first-order chi connectivity index (χ1) is 9.59. The van der Waals surface area contributed by atoms with Crippen LogP contribution in [0.15, 0.2) is 29.2 Å². The van der Waals surface area contributed by atoms with Gasteiger partial charge < -0.3 is 10.2 Å². The van der Waals surface area contributed by atoms with Gasteiger partial charge >= 0.3 is 0 Å². The molecule has 1 aromatic carbocycles. The van der Waals surface area contributed by atoms with Crippen molar-refractivity contribution in [2.75, 3.05) is 25.1 Å². The first-order valence-electron chi connectivity index (χ1n) is 6.77. The molecule has 0 aromatic heterocycles. The van der Waals surface area contributed by atoms with E-state index in [1.54, 1.807) is 24.3 Å². The predicted octanol–water partition coefficient (Wildman–Crippen LogP) is 1.16. The summed E-state index contributed by atoms with van der Waals surface area (Å²) in [4.78, 5) is 0.220. The number of anilines is 1. The fourth-order valence-electron chi connectivity index (χ4n) is 2.42. The van der Waals surface area contributed by atoms with Gasteiger partial charge in [0.25, 0.3) is 0 Å². The number of nitrogens with one attached hydrogen (secondary N) is 1. The van der Waals surface area contributed by atoms with E-state index in [0.717, 1.165) is 12.8 Å². The van der Waals surface area contributed by atoms with Crippen LogP contribution in [0.4, 0.5) is 5.69 Å². The molecule has 1 aromatic rings. The molecule has 3 N–H and O–H groups in total. The van der Waals surface area contributed by atoms with Gasteiger partial charge in [-0.15, -0.1) is 0 Å². The topological polar surface area (TPSA) is 84.7 Å². The van der Waals surface area contributed by atoms with Gasteiger partial charge in [-0.1, -0.05) is 12.1 Å². The van der Waals surface area contributed by atoms with Gasteiger partial charge in [-0.25, -0.2) is 8.42 Å². The van der Waals surface area contributed by atoms with Gasteiger partial charge in [-0.3, -0.25) is 5.84 Å². The molecule has 6 nitrogen and oxygen atoms in total. The van der Waals surface area contributed by atoms with Crippen molar-refractivity contribution in [3.8, 4) is 0 Å². The number of benzene rings is 1. The number of hydrazine groups is 1. The number of nitrogen functional groups attached to an aromatic ring is 1. The lowest BCUT2D eigenvalue weighted by molar-refractivity contribution is 0.0290. The van der Waals surface area contributed by atoms with Crippen LogP contribution in [0.1, 0.15) is 19.8 Å². The average molecular weight is 299 g/mol. The third-order valence-electron chi connectivity index (χ3n) is 3.46. The Morgan fingerprint density at radius 2 is 2.00 bits per heavy atom. The Bertz CT molecular complexity index is 540. The highest BCUT2D eigenvalue weighted by molar-refractivity contribution is 7.89. The molecule has 112 valence electrons. The van der Waals surface area contributed by atoms with Crippen molar-refractivity contribution in [1.82, 2.24) is 4.31 Å². The Labute approximate surface area is 119 Å². The summed E-state index contributed by atoms with van der Waals surface area (Å²) in [6.45, 7) is 3.57. The summed E-state index contributed by atoms with van der Waals surface area (Å²) in [5, 5.41) is 0. The lowest BCUT2D eigenvalue weighted by atomic mass is 10.1. The van der Waals surface area contributed by atoms with Gasteiger partial charge in [0.2, 0.25) is 10.0 Å². The zero-order chi connectivity index (χ0) is 14.6. The second-order valence-corrected chi connectivity index (χ2v) is 6.61. The minimum atomic E-state index is -3.51. The lowest BCUT2D eigenvalue weighted by Gasteiger charge is -2.31. The zero-order valence-corrected chi connectivity index (χ0v) is 12.4. The number of hydrogen-bond acceptors (Lipinski definition) is 5. The third kappa shape index (κ3) is 3.12. The van der Waals surface area contributed by atoms with Crippen molar-refractivity contribution in [3.63, 3.8) is 0 Å². The second kappa shape index (κ2) is 6.53. The van der Waals surface area contributed by atoms with E-state index in [1.807, 2.05) is 6.92 Å². The van der Waals surface area contributed by atoms with Crippen molar-refractivity contribution < 1.29 is 13.2 Å². The van der Waals surface area contributed by atoms with Crippen molar-refractivity contribution in [3.05, 3.63) is 24.3 Å². The Morgan fingerprint density at radius 1 is 1.35 bits per heavy atom. The summed E-state index contributed by atoms with van der Waals surface area (Å²) < 4.78 is 32.3. The quantitative estimate of drug-likeness (QED) is 0.629. The maximum atomic E-state index is 12.6. The van der Waals surface area contributed by atoms with E-state index in [-0.39, 0.29) is 11.0 Å². The smallest absolute Gasteiger partial charge is 0.245 e. The van der Waals surface area contributed by atoms with Crippen molar-refractivity contribution in [1.29, 1.82) is 0 Å². The van der Waals surface area contributed by atoms with Crippen LogP contribution in [-0.4, -0.2) is 38.5 Å². The van der Waals surface area contributed by atoms with E-state index >= 15 is 0 Å². The highest BCUT2D eigenvalue weighted by Crippen LogP contribution is 2.26. The van der Waals surface area contributed by atoms with Crippen LogP contribution >= 0.6 is 0 Å². The van der Waals surface area contributed by atoms with E-state index in [1.165, 1.54) is 4.31 Å². The zero-order valence-electron chi connectivity index (χ0n) is 11.6. The number of rotatable bonds is 5. The van der Waals surface area contributed by atoms with Crippen LogP contribution in [0, 0.1) is 0 Å². The Morgan fingerprint density at radius 3 is 2.60 bits per heavy atom. The van der Waals surface area contributed by atoms with Crippen molar-refractivity contribution in [2.45, 2.75) is 30.8 Å². The summed E-state index contributed by atoms with van der Waals surface area (Å²) in [5.74, 6) is 5.39. The van der Waals surface area contributed by atoms with Gasteiger partial charge in [0, 0.05) is 19.7 Å². The van der Waals surface area contributed by atoms with Gasteiger partial charge in [0.15, 0.2) is 0 Å². The number of nitrogens with two attached hydrogens (primary N) is 1. The summed E-state index contributed by atoms with van der Waals surface area (Å²) in [6.07, 6.45) is 1.62. The minimum Gasteiger partial charge on any atom is -0.378 e. The molecule has 1 saturated heterocycles. The second-order valence-electron chi connectivity index (χ2n) is 4.70. The Kier molecular flexibility index (Phi) is 4.98. The number of hydrogen-bond donors (Lipinski definition) is 2. The highest BCUT2D eigenvalue weighted by atomic mass is 32.2. The molecule has 1 aliphatic heterocycles. The number of ether oxygens (including phenoxy) is 1. The molecule has 1 heterocycles. The molecule has 1 aliphatic rings. The van der Waals surface area contributed by atoms with Crippen LogP contribution in [0.2, 0.25) is 0 Å². The summed E-state index contributed by atoms with van der Waals surface area (Å²) >= 11 is 0. The van der Waals surface area contributed by atoms with Gasteiger partial charge in [-0.05, 0) is 31.9 Å². The van der Waals surface area contributed by atoms with Crippen LogP contribution in [0.3, 0.4) is 0 Å². The van der Waals surface area contributed by atoms with Crippen molar-refractivity contribution in [2.24, 2.45) is 5.84 Å². The van der Waals surface area contributed by atoms with Gasteiger partial charge in [0.05, 0.1) is 11.8 Å². The number of para-hydroxylation sites is 1. The molecule has 20 heavy (non-hydrogen) atoms. The van der Waals surface area contributed by atoms with E-state index in [0.29, 0.717) is 25.4 Å². The third-order valence-corrected chi connectivity index (χ3v) is 5.42. The van der Waals surface area contributed by atoms with E-state index in [2.05, 4.69) is 5.43 Å². The maximum Gasteiger partial charge on any atom is 0.245 e. The molecular formula is C13H21N3O3S. The standard InChI is InChI=1S/C13H21N3O3S/c1-2-19-11-7-9-16(10-8-11)20(17,18)13-6-4-3-5-12(13)15-14/h3-6,11,15H,2,7-10,14H2,1H3. The Hall–Kier alpha value is -1.15. The fourth-order valence-corrected chi connectivity index (χ4v) is 4.05. The average Bonchev–Trinajstić information content (AvgIpc) is 2.48. The van der Waals surface area contributed by atoms with Gasteiger partial charge in [0.1, 0.15) is 4.90 Å². The Balaban J connectivity index is 2.16. The van der Waals surface area contributed by atoms with Crippen LogP contribution in [-0.2, 0) is 14.8 Å². The molecule has 2 rings (SSSR count). The van der Waals surface area contributed by atoms with Crippen LogP contribution in [0.5, 0.6) is 0 Å². The highest BCUT2D eigenvalue weighted by Gasteiger charge is 2.30. The van der Waals surface area contributed by atoms with Crippen LogP contribution in [0.25, 0.3) is 0 Å². The molecule has 0 spiro atoms. The fraction of sp³-hybridized carbons (Fsp3) is 0.538. The molecule has 0 amide bonds. The largest absolute Gasteiger partial charge is 0.378 e. The molecule has 7 heteroatoms. The van der Waals surface area contributed by atoms with Crippen molar-refractivity contribution >= 4 is 15.7 Å². The summed E-state index contributed by atoms with van der Waals surface area (Å²) in [6, 6.07) is 6.66. The first kappa shape index (κ1) is 15.2. The van der Waals surface area contributed by atoms with E-state index in [9.17, 15) is 8.42 Å². The van der Waals surface area contributed by atoms with E-state index < -0.39 is 10.0 Å². The maximum absolute atomic E-state index is 12.6. The lowest BCUT2D eigenvalue weighted by Crippen LogP contribution is -2.41. The molecule has 0 radical (unpaired) electrons. The predicted molar refractivity (Wildman–Crippen MR) is 77.7 cm³/mol. The normalized spacial score (nSPS) is 18.1. The molecule has 0 saturated carbocycles. The summed E-state index contributed by atoms with van der Waals surface area (Å²) in [7, 11) is -3.51. The van der Waals surface area contributed by atoms with Crippen LogP contribution < -0.4 is 11.3 Å². The molecule has 1 fully saturated rings. The number of nitrogens with zero attached hydrogens (tertiary/aromatic N) is 1.